The lowest BCUT2D eigenvalue weighted by Crippen LogP contribution is -2.56. The van der Waals surface area contributed by atoms with E-state index in [0.29, 0.717) is 0 Å². The number of hydrogen-bond donors (Lipinski definition) is 0. The summed E-state index contributed by atoms with van der Waals surface area (Å²) in [5.74, 6) is -0.117. The highest BCUT2D eigenvalue weighted by molar-refractivity contribution is 6.51. The largest absolute Gasteiger partial charge is 0.497 e. The summed E-state index contributed by atoms with van der Waals surface area (Å²) in [4.78, 5) is 25.2. The Morgan fingerprint density at radius 3 is 2.20 bits per heavy atom. The van der Waals surface area contributed by atoms with Crippen LogP contribution in [0.4, 0.5) is 5.69 Å². The number of carbonyl (C=O) groups is 2. The first kappa shape index (κ1) is 12.4. The quantitative estimate of drug-likeness (QED) is 0.633. The predicted octanol–water partition coefficient (Wildman–Crippen LogP) is 2.35. The number of ether oxygens (including phenoxy) is 1. The van der Waals surface area contributed by atoms with Crippen molar-refractivity contribution in [3.8, 4) is 5.75 Å². The molecule has 1 atom stereocenters. The molecule has 4 nitrogen and oxygen atoms in total. The van der Waals surface area contributed by atoms with Crippen molar-refractivity contribution in [3.05, 3.63) is 60.2 Å². The zero-order valence-corrected chi connectivity index (χ0v) is 10.9. The van der Waals surface area contributed by atoms with Crippen LogP contribution in [-0.2, 0) is 9.59 Å². The first-order valence-electron chi connectivity index (χ1n) is 6.29. The lowest BCUT2D eigenvalue weighted by atomic mass is 9.91. The molecule has 100 valence electrons. The fraction of sp³-hybridized carbons (Fsp3) is 0.125. The molecule has 2 aromatic rings. The van der Waals surface area contributed by atoms with Crippen molar-refractivity contribution in [2.24, 2.45) is 0 Å². The van der Waals surface area contributed by atoms with Crippen LogP contribution in [0.15, 0.2) is 54.6 Å². The number of para-hydroxylation sites is 1. The molecule has 0 aromatic heterocycles. The Labute approximate surface area is 116 Å². The Hall–Kier alpha value is -2.62. The zero-order chi connectivity index (χ0) is 14.1. The fourth-order valence-corrected chi connectivity index (χ4v) is 2.35. The number of amides is 1. The van der Waals surface area contributed by atoms with Crippen molar-refractivity contribution in [1.82, 2.24) is 0 Å². The van der Waals surface area contributed by atoms with Crippen LogP contribution >= 0.6 is 0 Å². The average molecular weight is 267 g/mol. The van der Waals surface area contributed by atoms with E-state index in [1.165, 1.54) is 4.90 Å². The van der Waals surface area contributed by atoms with Gasteiger partial charge in [-0.05, 0) is 29.8 Å². The normalized spacial score (nSPS) is 17.9. The number of methoxy groups -OCH3 is 1. The van der Waals surface area contributed by atoms with Crippen molar-refractivity contribution in [2.75, 3.05) is 12.0 Å². The molecule has 1 fully saturated rings. The molecule has 1 saturated heterocycles. The van der Waals surface area contributed by atoms with Gasteiger partial charge >= 0.3 is 0 Å². The van der Waals surface area contributed by atoms with E-state index in [1.807, 2.05) is 42.5 Å². The molecule has 1 aliphatic rings. The van der Waals surface area contributed by atoms with Crippen LogP contribution in [-0.4, -0.2) is 18.8 Å². The van der Waals surface area contributed by atoms with Crippen molar-refractivity contribution in [1.29, 1.82) is 0 Å². The van der Waals surface area contributed by atoms with E-state index in [2.05, 4.69) is 0 Å². The number of Topliss-reactive ketones (excluding diaryl/α,β-unsaturated/α-hetero) is 1. The fourth-order valence-electron chi connectivity index (χ4n) is 2.35. The van der Waals surface area contributed by atoms with E-state index in [0.717, 1.165) is 17.0 Å². The van der Waals surface area contributed by atoms with Crippen LogP contribution in [0, 0.1) is 0 Å². The molecule has 0 N–H and O–H groups in total. The predicted molar refractivity (Wildman–Crippen MR) is 74.7 cm³/mol. The van der Waals surface area contributed by atoms with Gasteiger partial charge in [0, 0.05) is 5.69 Å². The van der Waals surface area contributed by atoms with Gasteiger partial charge in [-0.1, -0.05) is 30.3 Å². The third-order valence-corrected chi connectivity index (χ3v) is 3.40. The summed E-state index contributed by atoms with van der Waals surface area (Å²) in [5.41, 5.74) is 1.53. The van der Waals surface area contributed by atoms with Gasteiger partial charge in [-0.25, -0.2) is 0 Å². The van der Waals surface area contributed by atoms with Crippen LogP contribution in [0.3, 0.4) is 0 Å². The van der Waals surface area contributed by atoms with Gasteiger partial charge < -0.3 is 4.74 Å². The molecule has 4 heteroatoms. The molecule has 0 saturated carbocycles. The minimum absolute atomic E-state index is 0.376. The highest BCUT2D eigenvalue weighted by Crippen LogP contribution is 2.36. The monoisotopic (exact) mass is 267 g/mol. The Balaban J connectivity index is 1.94. The number of hydrogen-bond acceptors (Lipinski definition) is 3. The molecule has 1 unspecified atom stereocenters. The Morgan fingerprint density at radius 1 is 0.950 bits per heavy atom. The van der Waals surface area contributed by atoms with Crippen molar-refractivity contribution < 1.29 is 14.3 Å². The Morgan fingerprint density at radius 2 is 1.60 bits per heavy atom. The van der Waals surface area contributed by atoms with Crippen LogP contribution < -0.4 is 9.64 Å². The number of ketones is 1. The summed E-state index contributed by atoms with van der Waals surface area (Å²) in [5, 5.41) is 0. The van der Waals surface area contributed by atoms with Gasteiger partial charge in [0.25, 0.3) is 5.91 Å². The van der Waals surface area contributed by atoms with E-state index < -0.39 is 11.9 Å². The molecule has 2 aromatic carbocycles. The second kappa shape index (κ2) is 4.81. The summed E-state index contributed by atoms with van der Waals surface area (Å²) in [6.07, 6.45) is 0. The maximum Gasteiger partial charge on any atom is 0.297 e. The minimum atomic E-state index is -0.532. The van der Waals surface area contributed by atoms with E-state index in [4.69, 9.17) is 4.74 Å². The van der Waals surface area contributed by atoms with Crippen LogP contribution in [0.5, 0.6) is 5.75 Å². The van der Waals surface area contributed by atoms with E-state index in [9.17, 15) is 9.59 Å². The van der Waals surface area contributed by atoms with Crippen LogP contribution in [0.25, 0.3) is 0 Å². The third-order valence-electron chi connectivity index (χ3n) is 3.40. The summed E-state index contributed by atoms with van der Waals surface area (Å²) >= 11 is 0. The molecule has 1 heterocycles. The number of β-lactam (4-membered cyclic amide) rings is 1. The molecule has 20 heavy (non-hydrogen) atoms. The number of carbonyl (C=O) groups excluding carboxylic acids is 2. The topological polar surface area (TPSA) is 46.6 Å². The highest BCUT2D eigenvalue weighted by Gasteiger charge is 2.47. The van der Waals surface area contributed by atoms with Crippen molar-refractivity contribution in [3.63, 3.8) is 0 Å². The minimum Gasteiger partial charge on any atom is -0.497 e. The third kappa shape index (κ3) is 1.86. The molecule has 1 aliphatic heterocycles. The standard InChI is InChI=1S/C16H13NO3/c1-20-13-9-7-11(8-10-13)14-15(18)16(19)17(14)12-5-3-2-4-6-12/h2-10,14H,1H3. The highest BCUT2D eigenvalue weighted by atomic mass is 16.5. The second-order valence-electron chi connectivity index (χ2n) is 4.55. The maximum absolute atomic E-state index is 11.9. The van der Waals surface area contributed by atoms with Gasteiger partial charge in [0.15, 0.2) is 0 Å². The van der Waals surface area contributed by atoms with E-state index in [1.54, 1.807) is 19.2 Å². The van der Waals surface area contributed by atoms with Gasteiger partial charge in [-0.15, -0.1) is 0 Å². The summed E-state index contributed by atoms with van der Waals surface area (Å²) < 4.78 is 5.09. The maximum atomic E-state index is 11.9. The smallest absolute Gasteiger partial charge is 0.297 e. The molecule has 0 spiro atoms. The van der Waals surface area contributed by atoms with Gasteiger partial charge in [-0.2, -0.15) is 0 Å². The summed E-state index contributed by atoms with van der Waals surface area (Å²) in [7, 11) is 1.59. The zero-order valence-electron chi connectivity index (χ0n) is 10.9. The van der Waals surface area contributed by atoms with Gasteiger partial charge in [0.2, 0.25) is 5.78 Å². The van der Waals surface area contributed by atoms with Crippen LogP contribution in [0.1, 0.15) is 11.6 Å². The molecule has 0 radical (unpaired) electrons. The first-order chi connectivity index (χ1) is 9.72. The molecule has 0 aliphatic carbocycles. The number of anilines is 1. The van der Waals surface area contributed by atoms with Gasteiger partial charge in [0.1, 0.15) is 11.8 Å². The molecular weight excluding hydrogens is 254 g/mol. The van der Waals surface area contributed by atoms with E-state index in [-0.39, 0.29) is 5.78 Å². The average Bonchev–Trinajstić information content (AvgIpc) is 2.52. The lowest BCUT2D eigenvalue weighted by molar-refractivity contribution is -0.143. The lowest BCUT2D eigenvalue weighted by Gasteiger charge is -2.38. The first-order valence-corrected chi connectivity index (χ1v) is 6.29. The molecule has 0 bridgehead atoms. The Bertz CT molecular complexity index is 649. The molecular formula is C16H13NO3. The Kier molecular flexibility index (Phi) is 2.99. The number of rotatable bonds is 3. The molecule has 1 amide bonds. The number of nitrogens with zero attached hydrogens (tertiary/aromatic N) is 1. The summed E-state index contributed by atoms with van der Waals surface area (Å²) in [6, 6.07) is 15.9. The summed E-state index contributed by atoms with van der Waals surface area (Å²) in [6.45, 7) is 0. The van der Waals surface area contributed by atoms with Gasteiger partial charge in [-0.3, -0.25) is 14.5 Å². The molecule has 3 rings (SSSR count). The SMILES string of the molecule is COc1ccc(C2C(=O)C(=O)N2c2ccccc2)cc1. The van der Waals surface area contributed by atoms with Crippen molar-refractivity contribution >= 4 is 17.4 Å². The van der Waals surface area contributed by atoms with Crippen LogP contribution in [0.2, 0.25) is 0 Å². The second-order valence-corrected chi connectivity index (χ2v) is 4.55. The number of benzene rings is 2. The van der Waals surface area contributed by atoms with E-state index >= 15 is 0 Å². The van der Waals surface area contributed by atoms with Crippen molar-refractivity contribution in [2.45, 2.75) is 6.04 Å². The van der Waals surface area contributed by atoms with Gasteiger partial charge in [0.05, 0.1) is 7.11 Å².